The lowest BCUT2D eigenvalue weighted by molar-refractivity contribution is 0.0600. The molecule has 2 aromatic rings. The van der Waals surface area contributed by atoms with Crippen LogP contribution in [0.4, 0.5) is 0 Å². The third kappa shape index (κ3) is 3.32. The highest BCUT2D eigenvalue weighted by Gasteiger charge is 2.19. The molecule has 4 nitrogen and oxygen atoms in total. The summed E-state index contributed by atoms with van der Waals surface area (Å²) < 4.78 is 4.72. The van der Waals surface area contributed by atoms with E-state index >= 15 is 0 Å². The molecule has 1 saturated heterocycles. The van der Waals surface area contributed by atoms with Crippen LogP contribution in [0.5, 0.6) is 0 Å². The Kier molecular flexibility index (Phi) is 4.53. The first-order chi connectivity index (χ1) is 11.2. The van der Waals surface area contributed by atoms with E-state index in [1.165, 1.54) is 13.5 Å². The van der Waals surface area contributed by atoms with E-state index in [-0.39, 0.29) is 5.78 Å². The highest BCUT2D eigenvalue weighted by molar-refractivity contribution is 6.10. The number of rotatable bonds is 5. The first-order valence-corrected chi connectivity index (χ1v) is 7.72. The van der Waals surface area contributed by atoms with Gasteiger partial charge in [0, 0.05) is 17.7 Å². The zero-order chi connectivity index (χ0) is 16.2. The molecule has 0 atom stereocenters. The highest BCUT2D eigenvalue weighted by atomic mass is 16.5. The summed E-state index contributed by atoms with van der Waals surface area (Å²) in [4.78, 5) is 26.8. The van der Waals surface area contributed by atoms with Gasteiger partial charge in [0.2, 0.25) is 0 Å². The van der Waals surface area contributed by atoms with Crippen molar-refractivity contribution in [2.75, 3.05) is 20.2 Å². The van der Waals surface area contributed by atoms with Crippen LogP contribution in [0.15, 0.2) is 48.5 Å². The summed E-state index contributed by atoms with van der Waals surface area (Å²) in [5.74, 6) is -0.500. The van der Waals surface area contributed by atoms with Gasteiger partial charge in [0.1, 0.15) is 0 Å². The molecule has 1 heterocycles. The van der Waals surface area contributed by atoms with Crippen molar-refractivity contribution in [1.82, 2.24) is 4.90 Å². The average molecular weight is 309 g/mol. The number of ether oxygens (including phenoxy) is 1. The highest BCUT2D eigenvalue weighted by Crippen LogP contribution is 2.20. The van der Waals surface area contributed by atoms with E-state index in [2.05, 4.69) is 4.90 Å². The zero-order valence-corrected chi connectivity index (χ0v) is 13.1. The van der Waals surface area contributed by atoms with E-state index in [1.54, 1.807) is 24.3 Å². The van der Waals surface area contributed by atoms with Crippen LogP contribution in [-0.4, -0.2) is 36.9 Å². The number of methoxy groups -OCH3 is 1. The van der Waals surface area contributed by atoms with E-state index in [9.17, 15) is 9.59 Å². The molecule has 0 aliphatic carbocycles. The zero-order valence-electron chi connectivity index (χ0n) is 13.1. The minimum Gasteiger partial charge on any atom is -0.465 e. The molecule has 0 unspecified atom stereocenters. The van der Waals surface area contributed by atoms with E-state index in [0.717, 1.165) is 25.2 Å². The second kappa shape index (κ2) is 6.75. The van der Waals surface area contributed by atoms with Crippen LogP contribution in [-0.2, 0) is 11.3 Å². The maximum absolute atomic E-state index is 12.8. The lowest BCUT2D eigenvalue weighted by atomic mass is 9.96. The summed E-state index contributed by atoms with van der Waals surface area (Å²) in [5, 5.41) is 0. The summed E-state index contributed by atoms with van der Waals surface area (Å²) >= 11 is 0. The average Bonchev–Trinajstić information content (AvgIpc) is 2.57. The number of carbonyl (C=O) groups excluding carboxylic acids is 2. The molecule has 0 aromatic heterocycles. The molecule has 0 radical (unpaired) electrons. The Labute approximate surface area is 135 Å². The molecule has 0 bridgehead atoms. The van der Waals surface area contributed by atoms with Crippen LogP contribution in [0.2, 0.25) is 0 Å². The smallest absolute Gasteiger partial charge is 0.337 e. The van der Waals surface area contributed by atoms with Gasteiger partial charge < -0.3 is 4.74 Å². The minimum absolute atomic E-state index is 0.0631. The van der Waals surface area contributed by atoms with Crippen LogP contribution >= 0.6 is 0 Å². The Balaban J connectivity index is 1.89. The monoisotopic (exact) mass is 309 g/mol. The molecule has 0 N–H and O–H groups in total. The van der Waals surface area contributed by atoms with Gasteiger partial charge in [-0.05, 0) is 37.2 Å². The molecule has 3 rings (SSSR count). The summed E-state index contributed by atoms with van der Waals surface area (Å²) in [6.45, 7) is 2.96. The molecule has 1 fully saturated rings. The Hall–Kier alpha value is -2.46. The topological polar surface area (TPSA) is 46.6 Å². The predicted molar refractivity (Wildman–Crippen MR) is 87.6 cm³/mol. The number of ketones is 1. The normalized spacial score (nSPS) is 14.1. The van der Waals surface area contributed by atoms with Crippen molar-refractivity contribution in [3.63, 3.8) is 0 Å². The standard InChI is InChI=1S/C19H19NO3/c1-23-19(22)15-8-4-7-14(12-15)18(21)17-9-3-2-6-16(17)13-20-10-5-11-20/h2-4,6-9,12H,5,10-11,13H2,1H3. The van der Waals surface area contributed by atoms with Gasteiger partial charge in [0.05, 0.1) is 12.7 Å². The fraction of sp³-hybridized carbons (Fsp3) is 0.263. The van der Waals surface area contributed by atoms with Gasteiger partial charge in [0.25, 0.3) is 0 Å². The van der Waals surface area contributed by atoms with Crippen molar-refractivity contribution in [2.45, 2.75) is 13.0 Å². The molecular weight excluding hydrogens is 290 g/mol. The SMILES string of the molecule is COC(=O)c1cccc(C(=O)c2ccccc2CN2CCC2)c1. The van der Waals surface area contributed by atoms with Crippen molar-refractivity contribution >= 4 is 11.8 Å². The van der Waals surface area contributed by atoms with Crippen molar-refractivity contribution in [3.05, 3.63) is 70.8 Å². The molecule has 1 aliphatic rings. The summed E-state index contributed by atoms with van der Waals surface area (Å²) in [6.07, 6.45) is 1.22. The largest absolute Gasteiger partial charge is 0.465 e. The van der Waals surface area contributed by atoms with Gasteiger partial charge in [-0.2, -0.15) is 0 Å². The first-order valence-electron chi connectivity index (χ1n) is 7.72. The van der Waals surface area contributed by atoms with E-state index < -0.39 is 5.97 Å². The number of nitrogens with zero attached hydrogens (tertiary/aromatic N) is 1. The van der Waals surface area contributed by atoms with Crippen LogP contribution in [0.1, 0.15) is 38.3 Å². The maximum atomic E-state index is 12.8. The van der Waals surface area contributed by atoms with Crippen LogP contribution in [0.25, 0.3) is 0 Å². The van der Waals surface area contributed by atoms with E-state index in [1.807, 2.05) is 24.3 Å². The number of carbonyl (C=O) groups is 2. The Morgan fingerprint density at radius 2 is 1.78 bits per heavy atom. The number of hydrogen-bond donors (Lipinski definition) is 0. The molecule has 118 valence electrons. The lowest BCUT2D eigenvalue weighted by Gasteiger charge is -2.31. The summed E-state index contributed by atoms with van der Waals surface area (Å²) in [6, 6.07) is 14.3. The van der Waals surface area contributed by atoms with Gasteiger partial charge in [-0.1, -0.05) is 36.4 Å². The molecular formula is C19H19NO3. The summed E-state index contributed by atoms with van der Waals surface area (Å²) in [5.41, 5.74) is 2.62. The van der Waals surface area contributed by atoms with Crippen molar-refractivity contribution in [1.29, 1.82) is 0 Å². The van der Waals surface area contributed by atoms with Gasteiger partial charge in [-0.25, -0.2) is 4.79 Å². The fourth-order valence-corrected chi connectivity index (χ4v) is 2.72. The van der Waals surface area contributed by atoms with Gasteiger partial charge in [0.15, 0.2) is 5.78 Å². The molecule has 0 saturated carbocycles. The summed E-state index contributed by atoms with van der Waals surface area (Å²) in [7, 11) is 1.33. The Morgan fingerprint density at radius 3 is 2.48 bits per heavy atom. The molecule has 2 aromatic carbocycles. The van der Waals surface area contributed by atoms with Crippen LogP contribution in [0.3, 0.4) is 0 Å². The second-order valence-corrected chi connectivity index (χ2v) is 5.69. The Morgan fingerprint density at radius 1 is 1.04 bits per heavy atom. The van der Waals surface area contributed by atoms with Gasteiger partial charge in [-0.3, -0.25) is 9.69 Å². The molecule has 23 heavy (non-hydrogen) atoms. The maximum Gasteiger partial charge on any atom is 0.337 e. The van der Waals surface area contributed by atoms with E-state index in [4.69, 9.17) is 4.74 Å². The second-order valence-electron chi connectivity index (χ2n) is 5.69. The number of benzene rings is 2. The fourth-order valence-electron chi connectivity index (χ4n) is 2.72. The van der Waals surface area contributed by atoms with Crippen LogP contribution in [0, 0.1) is 0 Å². The quantitative estimate of drug-likeness (QED) is 0.629. The molecule has 4 heteroatoms. The first kappa shape index (κ1) is 15.4. The van der Waals surface area contributed by atoms with Gasteiger partial charge >= 0.3 is 5.97 Å². The predicted octanol–water partition coefficient (Wildman–Crippen LogP) is 2.91. The van der Waals surface area contributed by atoms with E-state index in [0.29, 0.717) is 16.7 Å². The minimum atomic E-state index is -0.437. The molecule has 0 amide bonds. The number of likely N-dealkylation sites (tertiary alicyclic amines) is 1. The molecule has 0 spiro atoms. The third-order valence-electron chi connectivity index (χ3n) is 4.15. The number of hydrogen-bond acceptors (Lipinski definition) is 4. The lowest BCUT2D eigenvalue weighted by Crippen LogP contribution is -2.36. The Bertz CT molecular complexity index is 735. The van der Waals surface area contributed by atoms with Gasteiger partial charge in [-0.15, -0.1) is 0 Å². The van der Waals surface area contributed by atoms with Crippen molar-refractivity contribution < 1.29 is 14.3 Å². The van der Waals surface area contributed by atoms with Crippen LogP contribution < -0.4 is 0 Å². The third-order valence-corrected chi connectivity index (χ3v) is 4.15. The number of esters is 1. The molecule has 1 aliphatic heterocycles. The van der Waals surface area contributed by atoms with Crippen molar-refractivity contribution in [2.24, 2.45) is 0 Å². The van der Waals surface area contributed by atoms with Crippen molar-refractivity contribution in [3.8, 4) is 0 Å².